The van der Waals surface area contributed by atoms with Gasteiger partial charge in [-0.3, -0.25) is 9.69 Å². The lowest BCUT2D eigenvalue weighted by molar-refractivity contribution is 0.102. The fourth-order valence-electron chi connectivity index (χ4n) is 4.15. The highest BCUT2D eigenvalue weighted by Gasteiger charge is 2.19. The quantitative estimate of drug-likeness (QED) is 0.304. The first-order valence-electron chi connectivity index (χ1n) is 11.6. The summed E-state index contributed by atoms with van der Waals surface area (Å²) in [6.07, 6.45) is 3.68. The van der Waals surface area contributed by atoms with E-state index in [1.165, 1.54) is 24.8 Å². The third-order valence-electron chi connectivity index (χ3n) is 6.09. The summed E-state index contributed by atoms with van der Waals surface area (Å²) in [6, 6.07) is 26.0. The third kappa shape index (κ3) is 7.11. The average Bonchev–Trinajstić information content (AvgIpc) is 2.85. The van der Waals surface area contributed by atoms with E-state index in [1.807, 2.05) is 49.4 Å². The van der Waals surface area contributed by atoms with E-state index < -0.39 is 0 Å². The summed E-state index contributed by atoms with van der Waals surface area (Å²) in [7, 11) is 0. The number of hydrogen-bond donors (Lipinski definition) is 1. The standard InChI is InChI=1S/C28H32N2O2S/c1-22-11-13-25(14-12-22)29-28(31)26-9-5-6-10-27(26)32-21-33-20-30-17-15-24(16-18-30)19-23-7-3-2-4-8-23/h2-14,24H,15-21H2,1H3,(H,29,31). The molecule has 0 unspecified atom stereocenters. The van der Waals surface area contributed by atoms with E-state index in [9.17, 15) is 4.79 Å². The Morgan fingerprint density at radius 1 is 0.970 bits per heavy atom. The molecule has 0 atom stereocenters. The molecule has 0 aromatic heterocycles. The second-order valence-electron chi connectivity index (χ2n) is 8.66. The van der Waals surface area contributed by atoms with Crippen molar-refractivity contribution in [2.75, 3.05) is 30.2 Å². The number of hydrogen-bond acceptors (Lipinski definition) is 4. The van der Waals surface area contributed by atoms with Crippen LogP contribution in [0.4, 0.5) is 5.69 Å². The molecule has 3 aromatic carbocycles. The fraction of sp³-hybridized carbons (Fsp3) is 0.321. The molecule has 1 N–H and O–H groups in total. The minimum atomic E-state index is -0.153. The molecular formula is C28H32N2O2S. The van der Waals surface area contributed by atoms with Crippen LogP contribution in [-0.4, -0.2) is 35.7 Å². The van der Waals surface area contributed by atoms with E-state index in [1.54, 1.807) is 17.8 Å². The lowest BCUT2D eigenvalue weighted by Crippen LogP contribution is -2.34. The molecule has 1 amide bonds. The van der Waals surface area contributed by atoms with Gasteiger partial charge in [-0.25, -0.2) is 0 Å². The first-order chi connectivity index (χ1) is 16.2. The van der Waals surface area contributed by atoms with E-state index in [0.717, 1.165) is 36.1 Å². The summed E-state index contributed by atoms with van der Waals surface area (Å²) < 4.78 is 5.98. The minimum absolute atomic E-state index is 0.153. The number of anilines is 1. The van der Waals surface area contributed by atoms with Gasteiger partial charge in [0.05, 0.1) is 5.56 Å². The van der Waals surface area contributed by atoms with Crippen molar-refractivity contribution in [1.29, 1.82) is 0 Å². The van der Waals surface area contributed by atoms with Crippen LogP contribution in [0, 0.1) is 12.8 Å². The first-order valence-corrected chi connectivity index (χ1v) is 12.8. The Morgan fingerprint density at radius 3 is 2.42 bits per heavy atom. The van der Waals surface area contributed by atoms with Crippen molar-refractivity contribution in [2.24, 2.45) is 5.92 Å². The molecule has 3 aromatic rings. The van der Waals surface area contributed by atoms with Gasteiger partial charge in [0, 0.05) is 11.6 Å². The van der Waals surface area contributed by atoms with Gasteiger partial charge in [0.25, 0.3) is 5.91 Å². The van der Waals surface area contributed by atoms with Crippen molar-refractivity contribution < 1.29 is 9.53 Å². The van der Waals surface area contributed by atoms with E-state index in [2.05, 4.69) is 40.5 Å². The SMILES string of the molecule is Cc1ccc(NC(=O)c2ccccc2OCSCN2CCC(Cc3ccccc3)CC2)cc1. The van der Waals surface area contributed by atoms with Gasteiger partial charge in [-0.1, -0.05) is 60.2 Å². The van der Waals surface area contributed by atoms with E-state index in [-0.39, 0.29) is 5.91 Å². The number of aryl methyl sites for hydroxylation is 1. The number of piperidine rings is 1. The molecule has 1 saturated heterocycles. The molecular weight excluding hydrogens is 428 g/mol. The number of benzene rings is 3. The molecule has 1 heterocycles. The predicted octanol–water partition coefficient (Wildman–Crippen LogP) is 6.23. The van der Waals surface area contributed by atoms with E-state index in [0.29, 0.717) is 17.3 Å². The number of rotatable bonds is 9. The van der Waals surface area contributed by atoms with Gasteiger partial charge in [-0.2, -0.15) is 0 Å². The smallest absolute Gasteiger partial charge is 0.259 e. The van der Waals surface area contributed by atoms with Crippen molar-refractivity contribution in [3.63, 3.8) is 0 Å². The summed E-state index contributed by atoms with van der Waals surface area (Å²) in [5.74, 6) is 2.73. The van der Waals surface area contributed by atoms with Crippen LogP contribution in [0.25, 0.3) is 0 Å². The van der Waals surface area contributed by atoms with E-state index >= 15 is 0 Å². The summed E-state index contributed by atoms with van der Waals surface area (Å²) in [4.78, 5) is 15.3. The van der Waals surface area contributed by atoms with Crippen LogP contribution in [0.5, 0.6) is 5.75 Å². The fourth-order valence-corrected chi connectivity index (χ4v) is 4.96. The van der Waals surface area contributed by atoms with Gasteiger partial charge in [0.15, 0.2) is 0 Å². The number of amides is 1. The Bertz CT molecular complexity index is 1020. The summed E-state index contributed by atoms with van der Waals surface area (Å²) in [5, 5.41) is 2.96. The largest absolute Gasteiger partial charge is 0.482 e. The van der Waals surface area contributed by atoms with Crippen LogP contribution in [0.1, 0.15) is 34.3 Å². The number of para-hydroxylation sites is 1. The van der Waals surface area contributed by atoms with Crippen LogP contribution in [-0.2, 0) is 6.42 Å². The van der Waals surface area contributed by atoms with Gasteiger partial charge in [0.1, 0.15) is 11.7 Å². The monoisotopic (exact) mass is 460 g/mol. The number of carbonyl (C=O) groups excluding carboxylic acids is 1. The average molecular weight is 461 g/mol. The molecule has 0 bridgehead atoms. The highest BCUT2D eigenvalue weighted by Crippen LogP contribution is 2.24. The molecule has 1 aliphatic rings. The Morgan fingerprint density at radius 2 is 1.67 bits per heavy atom. The summed E-state index contributed by atoms with van der Waals surface area (Å²) in [5.41, 5.74) is 3.95. The summed E-state index contributed by atoms with van der Waals surface area (Å²) in [6.45, 7) is 4.31. The molecule has 33 heavy (non-hydrogen) atoms. The van der Waals surface area contributed by atoms with Crippen LogP contribution >= 0.6 is 11.8 Å². The molecule has 1 fully saturated rings. The Kier molecular flexibility index (Phi) is 8.45. The number of nitrogens with one attached hydrogen (secondary N) is 1. The maximum Gasteiger partial charge on any atom is 0.259 e. The van der Waals surface area contributed by atoms with Crippen molar-refractivity contribution in [3.8, 4) is 5.75 Å². The molecule has 4 rings (SSSR count). The number of likely N-dealkylation sites (tertiary alicyclic amines) is 1. The van der Waals surface area contributed by atoms with Crippen LogP contribution < -0.4 is 10.1 Å². The zero-order valence-corrected chi connectivity index (χ0v) is 20.0. The zero-order valence-electron chi connectivity index (χ0n) is 19.2. The topological polar surface area (TPSA) is 41.6 Å². The second kappa shape index (κ2) is 11.9. The van der Waals surface area contributed by atoms with Crippen LogP contribution in [0.2, 0.25) is 0 Å². The molecule has 1 aliphatic heterocycles. The molecule has 4 nitrogen and oxygen atoms in total. The highest BCUT2D eigenvalue weighted by molar-refractivity contribution is 7.99. The maximum absolute atomic E-state index is 12.8. The molecule has 172 valence electrons. The third-order valence-corrected chi connectivity index (χ3v) is 6.92. The number of thioether (sulfide) groups is 1. The Labute approximate surface area is 201 Å². The molecule has 0 saturated carbocycles. The van der Waals surface area contributed by atoms with Crippen LogP contribution in [0.3, 0.4) is 0 Å². The van der Waals surface area contributed by atoms with Crippen LogP contribution in [0.15, 0.2) is 78.9 Å². The lowest BCUT2D eigenvalue weighted by atomic mass is 9.90. The van der Waals surface area contributed by atoms with Crippen molar-refractivity contribution in [3.05, 3.63) is 95.6 Å². The lowest BCUT2D eigenvalue weighted by Gasteiger charge is -2.31. The Hall–Kier alpha value is -2.76. The minimum Gasteiger partial charge on any atom is -0.482 e. The zero-order chi connectivity index (χ0) is 22.9. The normalized spacial score (nSPS) is 14.7. The Balaban J connectivity index is 1.20. The number of nitrogens with zero attached hydrogens (tertiary/aromatic N) is 1. The van der Waals surface area contributed by atoms with Crippen molar-refractivity contribution in [1.82, 2.24) is 4.90 Å². The molecule has 0 radical (unpaired) electrons. The van der Waals surface area contributed by atoms with Crippen molar-refractivity contribution in [2.45, 2.75) is 26.2 Å². The number of ether oxygens (including phenoxy) is 1. The van der Waals surface area contributed by atoms with Gasteiger partial charge in [-0.05, 0) is 75.0 Å². The highest BCUT2D eigenvalue weighted by atomic mass is 32.2. The van der Waals surface area contributed by atoms with Gasteiger partial charge in [-0.15, -0.1) is 11.8 Å². The van der Waals surface area contributed by atoms with Gasteiger partial charge in [0.2, 0.25) is 0 Å². The molecule has 5 heteroatoms. The molecule has 0 spiro atoms. The number of carbonyl (C=O) groups is 1. The summed E-state index contributed by atoms with van der Waals surface area (Å²) >= 11 is 1.76. The second-order valence-corrected chi connectivity index (χ2v) is 9.57. The van der Waals surface area contributed by atoms with E-state index in [4.69, 9.17) is 4.74 Å². The van der Waals surface area contributed by atoms with Gasteiger partial charge < -0.3 is 10.1 Å². The van der Waals surface area contributed by atoms with Gasteiger partial charge >= 0.3 is 0 Å². The first kappa shape index (κ1) is 23.4. The predicted molar refractivity (Wildman–Crippen MR) is 138 cm³/mol. The molecule has 0 aliphatic carbocycles. The maximum atomic E-state index is 12.8. The van der Waals surface area contributed by atoms with Crippen molar-refractivity contribution >= 4 is 23.4 Å².